The van der Waals surface area contributed by atoms with Crippen LogP contribution in [0.4, 0.5) is 5.69 Å². The quantitative estimate of drug-likeness (QED) is 0.756. The summed E-state index contributed by atoms with van der Waals surface area (Å²) in [5.41, 5.74) is 7.93. The van der Waals surface area contributed by atoms with Gasteiger partial charge in [-0.2, -0.15) is 0 Å². The zero-order valence-corrected chi connectivity index (χ0v) is 9.47. The average Bonchev–Trinajstić information content (AvgIpc) is 2.84. The lowest BCUT2D eigenvalue weighted by molar-refractivity contribution is 0.171. The first-order valence-corrected chi connectivity index (χ1v) is 5.76. The van der Waals surface area contributed by atoms with E-state index in [2.05, 4.69) is 9.88 Å². The predicted molar refractivity (Wildman–Crippen MR) is 64.3 cm³/mol. The van der Waals surface area contributed by atoms with Gasteiger partial charge in [0.1, 0.15) is 5.52 Å². The fraction of sp³-hybridized carbons (Fsp3) is 0.417. The van der Waals surface area contributed by atoms with Crippen LogP contribution in [0, 0.1) is 0 Å². The number of anilines is 1. The molecular weight excluding hydrogens is 218 g/mol. The topological polar surface area (TPSA) is 75.5 Å². The third-order valence-electron chi connectivity index (χ3n) is 3.06. The van der Waals surface area contributed by atoms with Crippen LogP contribution in [0.3, 0.4) is 0 Å². The number of aromatic nitrogens is 1. The molecule has 0 aliphatic carbocycles. The Labute approximate surface area is 98.8 Å². The van der Waals surface area contributed by atoms with Crippen LogP contribution in [0.25, 0.3) is 11.1 Å². The third-order valence-corrected chi connectivity index (χ3v) is 3.06. The van der Waals surface area contributed by atoms with Crippen molar-refractivity contribution in [2.75, 3.05) is 18.8 Å². The third kappa shape index (κ3) is 2.11. The Bertz CT molecular complexity index is 538. The van der Waals surface area contributed by atoms with E-state index in [9.17, 15) is 5.11 Å². The molecule has 0 bridgehead atoms. The number of oxazole rings is 1. The summed E-state index contributed by atoms with van der Waals surface area (Å²) in [6.07, 6.45) is 0.614. The second kappa shape index (κ2) is 4.01. The van der Waals surface area contributed by atoms with Crippen LogP contribution >= 0.6 is 0 Å². The maximum atomic E-state index is 9.44. The van der Waals surface area contributed by atoms with Crippen LogP contribution < -0.4 is 5.73 Å². The van der Waals surface area contributed by atoms with Crippen molar-refractivity contribution >= 4 is 16.8 Å². The molecule has 5 nitrogen and oxygen atoms in total. The van der Waals surface area contributed by atoms with E-state index in [0.29, 0.717) is 24.7 Å². The molecule has 1 aromatic carbocycles. The minimum absolute atomic E-state index is 0.213. The van der Waals surface area contributed by atoms with Gasteiger partial charge in [0, 0.05) is 18.8 Å². The highest BCUT2D eigenvalue weighted by Gasteiger charge is 2.21. The number of aliphatic hydroxyl groups excluding tert-OH is 1. The molecule has 0 spiro atoms. The summed E-state index contributed by atoms with van der Waals surface area (Å²) < 4.78 is 5.63. The lowest BCUT2D eigenvalue weighted by Gasteiger charge is -2.11. The van der Waals surface area contributed by atoms with Crippen molar-refractivity contribution in [2.24, 2.45) is 0 Å². The maximum Gasteiger partial charge on any atom is 0.209 e. The van der Waals surface area contributed by atoms with Gasteiger partial charge >= 0.3 is 0 Å². The molecule has 1 aliphatic rings. The maximum absolute atomic E-state index is 9.44. The first-order valence-electron chi connectivity index (χ1n) is 5.76. The van der Waals surface area contributed by atoms with E-state index >= 15 is 0 Å². The summed E-state index contributed by atoms with van der Waals surface area (Å²) in [5, 5.41) is 9.44. The normalized spacial score (nSPS) is 21.4. The standard InChI is InChI=1S/C12H15N3O2/c13-8-1-2-11-10(5-8)14-12(17-11)7-15-4-3-9(16)6-15/h1-2,5,9,16H,3-4,6-7,13H2. The Kier molecular flexibility index (Phi) is 2.49. The molecule has 0 radical (unpaired) electrons. The zero-order chi connectivity index (χ0) is 11.8. The number of fused-ring (bicyclic) bond motifs is 1. The summed E-state index contributed by atoms with van der Waals surface area (Å²) in [7, 11) is 0. The summed E-state index contributed by atoms with van der Waals surface area (Å²) in [5.74, 6) is 0.680. The number of nitrogens with two attached hydrogens (primary N) is 1. The number of nitrogen functional groups attached to an aromatic ring is 1. The number of nitrogens with zero attached hydrogens (tertiary/aromatic N) is 2. The van der Waals surface area contributed by atoms with Crippen molar-refractivity contribution in [3.63, 3.8) is 0 Å². The first kappa shape index (κ1) is 10.6. The SMILES string of the molecule is Nc1ccc2oc(CN3CCC(O)C3)nc2c1. The number of benzene rings is 1. The Morgan fingerprint density at radius 1 is 1.53 bits per heavy atom. The molecule has 17 heavy (non-hydrogen) atoms. The molecule has 90 valence electrons. The van der Waals surface area contributed by atoms with Crippen LogP contribution in [-0.4, -0.2) is 34.2 Å². The average molecular weight is 233 g/mol. The molecule has 1 fully saturated rings. The number of likely N-dealkylation sites (tertiary alicyclic amines) is 1. The molecule has 0 saturated carbocycles. The van der Waals surface area contributed by atoms with Gasteiger partial charge in [-0.15, -0.1) is 0 Å². The molecule has 5 heteroatoms. The van der Waals surface area contributed by atoms with Crippen molar-refractivity contribution in [3.8, 4) is 0 Å². The lowest BCUT2D eigenvalue weighted by atomic mass is 10.3. The summed E-state index contributed by atoms with van der Waals surface area (Å²) in [6, 6.07) is 5.44. The number of rotatable bonds is 2. The molecule has 3 N–H and O–H groups in total. The minimum atomic E-state index is -0.213. The number of β-amino-alcohol motifs (C(OH)–C–C–N with tert-alkyl or cyclic N) is 1. The second-order valence-electron chi connectivity index (χ2n) is 4.51. The smallest absolute Gasteiger partial charge is 0.209 e. The lowest BCUT2D eigenvalue weighted by Crippen LogP contribution is -2.21. The molecular formula is C12H15N3O2. The van der Waals surface area contributed by atoms with Crippen LogP contribution in [0.15, 0.2) is 22.6 Å². The van der Waals surface area contributed by atoms with Crippen molar-refractivity contribution in [1.82, 2.24) is 9.88 Å². The minimum Gasteiger partial charge on any atom is -0.439 e. The van der Waals surface area contributed by atoms with Crippen LogP contribution in [0.2, 0.25) is 0 Å². The molecule has 2 aromatic rings. The second-order valence-corrected chi connectivity index (χ2v) is 4.51. The molecule has 1 aliphatic heterocycles. The molecule has 1 unspecified atom stereocenters. The van der Waals surface area contributed by atoms with Crippen LogP contribution in [-0.2, 0) is 6.54 Å². The van der Waals surface area contributed by atoms with E-state index in [1.54, 1.807) is 12.1 Å². The van der Waals surface area contributed by atoms with Crippen molar-refractivity contribution in [2.45, 2.75) is 19.1 Å². The van der Waals surface area contributed by atoms with E-state index in [1.165, 1.54) is 0 Å². The monoisotopic (exact) mass is 233 g/mol. The molecule has 1 atom stereocenters. The van der Waals surface area contributed by atoms with E-state index in [0.717, 1.165) is 24.1 Å². The molecule has 1 saturated heterocycles. The highest BCUT2D eigenvalue weighted by atomic mass is 16.3. The predicted octanol–water partition coefficient (Wildman–Crippen LogP) is 0.977. The number of aliphatic hydroxyl groups is 1. The largest absolute Gasteiger partial charge is 0.439 e. The van der Waals surface area contributed by atoms with E-state index in [1.807, 2.05) is 6.07 Å². The molecule has 3 rings (SSSR count). The van der Waals surface area contributed by atoms with E-state index < -0.39 is 0 Å². The van der Waals surface area contributed by atoms with Crippen molar-refractivity contribution < 1.29 is 9.52 Å². The first-order chi connectivity index (χ1) is 8.20. The van der Waals surface area contributed by atoms with Gasteiger partial charge in [-0.25, -0.2) is 4.98 Å². The Hall–Kier alpha value is -1.59. The summed E-state index contributed by atoms with van der Waals surface area (Å²) >= 11 is 0. The Balaban J connectivity index is 1.81. The van der Waals surface area contributed by atoms with Gasteiger partial charge in [0.05, 0.1) is 12.6 Å². The van der Waals surface area contributed by atoms with Crippen LogP contribution in [0.1, 0.15) is 12.3 Å². The van der Waals surface area contributed by atoms with Gasteiger partial charge in [-0.05, 0) is 24.6 Å². The highest BCUT2D eigenvalue weighted by Crippen LogP contribution is 2.20. The van der Waals surface area contributed by atoms with Crippen LogP contribution in [0.5, 0.6) is 0 Å². The van der Waals surface area contributed by atoms with E-state index in [-0.39, 0.29) is 6.10 Å². The fourth-order valence-corrected chi connectivity index (χ4v) is 2.21. The number of hydrogen-bond acceptors (Lipinski definition) is 5. The van der Waals surface area contributed by atoms with Gasteiger partial charge in [0.2, 0.25) is 5.89 Å². The van der Waals surface area contributed by atoms with Crippen molar-refractivity contribution in [3.05, 3.63) is 24.1 Å². The van der Waals surface area contributed by atoms with Gasteiger partial charge in [-0.1, -0.05) is 0 Å². The highest BCUT2D eigenvalue weighted by molar-refractivity contribution is 5.76. The van der Waals surface area contributed by atoms with E-state index in [4.69, 9.17) is 10.2 Å². The Morgan fingerprint density at radius 3 is 3.18 bits per heavy atom. The molecule has 2 heterocycles. The van der Waals surface area contributed by atoms with Gasteiger partial charge in [0.15, 0.2) is 5.58 Å². The number of hydrogen-bond donors (Lipinski definition) is 2. The fourth-order valence-electron chi connectivity index (χ4n) is 2.21. The summed E-state index contributed by atoms with van der Waals surface area (Å²) in [6.45, 7) is 2.23. The molecule has 1 aromatic heterocycles. The zero-order valence-electron chi connectivity index (χ0n) is 9.47. The molecule has 0 amide bonds. The van der Waals surface area contributed by atoms with Gasteiger partial charge in [0.25, 0.3) is 0 Å². The van der Waals surface area contributed by atoms with Crippen molar-refractivity contribution in [1.29, 1.82) is 0 Å². The summed E-state index contributed by atoms with van der Waals surface area (Å²) in [4.78, 5) is 6.53. The van der Waals surface area contributed by atoms with Gasteiger partial charge in [-0.3, -0.25) is 4.90 Å². The Morgan fingerprint density at radius 2 is 2.41 bits per heavy atom. The van der Waals surface area contributed by atoms with Gasteiger partial charge < -0.3 is 15.3 Å².